The zero-order chi connectivity index (χ0) is 9.68. The molecule has 0 aromatic carbocycles. The number of thiophene rings is 1. The van der Waals surface area contributed by atoms with Gasteiger partial charge in [-0.1, -0.05) is 6.08 Å². The summed E-state index contributed by atoms with van der Waals surface area (Å²) in [6, 6.07) is 2.04. The predicted octanol–water partition coefficient (Wildman–Crippen LogP) is 2.34. The summed E-state index contributed by atoms with van der Waals surface area (Å²) >= 11 is 1.63. The quantitative estimate of drug-likeness (QED) is 0.752. The van der Waals surface area contributed by atoms with Gasteiger partial charge in [-0.3, -0.25) is 0 Å². The van der Waals surface area contributed by atoms with Crippen molar-refractivity contribution in [2.75, 3.05) is 13.2 Å². The minimum Gasteiger partial charge on any atom is -0.480 e. The first-order chi connectivity index (χ1) is 6.22. The van der Waals surface area contributed by atoms with Crippen LogP contribution in [0.25, 0.3) is 0 Å². The fourth-order valence-electron chi connectivity index (χ4n) is 0.926. The van der Waals surface area contributed by atoms with Crippen LogP contribution < -0.4 is 10.5 Å². The molecule has 2 nitrogen and oxygen atoms in total. The molecular weight excluding hydrogens is 182 g/mol. The van der Waals surface area contributed by atoms with Crippen LogP contribution in [0.5, 0.6) is 5.06 Å². The van der Waals surface area contributed by atoms with E-state index in [0.29, 0.717) is 13.2 Å². The van der Waals surface area contributed by atoms with Gasteiger partial charge in [0.25, 0.3) is 0 Å². The third-order valence-corrected chi connectivity index (χ3v) is 2.57. The second kappa shape index (κ2) is 5.04. The molecule has 0 bridgehead atoms. The van der Waals surface area contributed by atoms with Crippen molar-refractivity contribution in [3.8, 4) is 5.06 Å². The number of rotatable bonds is 4. The Morgan fingerprint density at radius 2 is 2.46 bits per heavy atom. The Bertz CT molecular complexity index is 291. The number of hydrogen-bond donors (Lipinski definition) is 1. The standard InChI is InChI=1S/C10H15NOS/c1-8(3-4-11)6-12-10-5-9(2)7-13-10/h3,5,7H,4,6,11H2,1-2H3. The van der Waals surface area contributed by atoms with Crippen molar-refractivity contribution in [3.63, 3.8) is 0 Å². The molecule has 72 valence electrons. The molecule has 1 rings (SSSR count). The highest BCUT2D eigenvalue weighted by atomic mass is 32.1. The van der Waals surface area contributed by atoms with Gasteiger partial charge in [-0.25, -0.2) is 0 Å². The summed E-state index contributed by atoms with van der Waals surface area (Å²) in [4.78, 5) is 0. The van der Waals surface area contributed by atoms with Gasteiger partial charge in [0.15, 0.2) is 5.06 Å². The van der Waals surface area contributed by atoms with Crippen LogP contribution >= 0.6 is 11.3 Å². The average molecular weight is 197 g/mol. The van der Waals surface area contributed by atoms with E-state index >= 15 is 0 Å². The summed E-state index contributed by atoms with van der Waals surface area (Å²) in [6.07, 6.45) is 1.97. The molecule has 3 heteroatoms. The van der Waals surface area contributed by atoms with Gasteiger partial charge in [0.2, 0.25) is 0 Å². The molecule has 0 aliphatic heterocycles. The van der Waals surface area contributed by atoms with Crippen LogP contribution in [0, 0.1) is 6.92 Å². The van der Waals surface area contributed by atoms with Gasteiger partial charge in [-0.2, -0.15) is 0 Å². The fraction of sp³-hybridized carbons (Fsp3) is 0.400. The van der Waals surface area contributed by atoms with E-state index in [-0.39, 0.29) is 0 Å². The Hall–Kier alpha value is -0.800. The second-order valence-corrected chi connectivity index (χ2v) is 3.89. The molecule has 13 heavy (non-hydrogen) atoms. The van der Waals surface area contributed by atoms with Gasteiger partial charge in [-0.15, -0.1) is 11.3 Å². The van der Waals surface area contributed by atoms with Crippen molar-refractivity contribution in [3.05, 3.63) is 28.7 Å². The predicted molar refractivity (Wildman–Crippen MR) is 57.4 cm³/mol. The van der Waals surface area contributed by atoms with Crippen LogP contribution in [0.3, 0.4) is 0 Å². The van der Waals surface area contributed by atoms with E-state index in [1.807, 2.05) is 19.1 Å². The maximum absolute atomic E-state index is 5.54. The summed E-state index contributed by atoms with van der Waals surface area (Å²) in [6.45, 7) is 5.30. The lowest BCUT2D eigenvalue weighted by atomic mass is 10.3. The smallest absolute Gasteiger partial charge is 0.174 e. The minimum absolute atomic E-state index is 0.582. The zero-order valence-corrected chi connectivity index (χ0v) is 8.86. The monoisotopic (exact) mass is 197 g/mol. The molecule has 1 aromatic heterocycles. The molecule has 0 amide bonds. The molecule has 0 aliphatic carbocycles. The van der Waals surface area contributed by atoms with Crippen LogP contribution in [0.2, 0.25) is 0 Å². The Morgan fingerprint density at radius 1 is 1.69 bits per heavy atom. The molecule has 0 unspecified atom stereocenters. The lowest BCUT2D eigenvalue weighted by molar-refractivity contribution is 0.362. The first kappa shape index (κ1) is 10.3. The molecule has 0 saturated carbocycles. The van der Waals surface area contributed by atoms with Crippen molar-refractivity contribution in [2.24, 2.45) is 5.73 Å². The van der Waals surface area contributed by atoms with E-state index < -0.39 is 0 Å². The van der Waals surface area contributed by atoms with Crippen molar-refractivity contribution in [1.29, 1.82) is 0 Å². The van der Waals surface area contributed by atoms with Crippen molar-refractivity contribution >= 4 is 11.3 Å². The van der Waals surface area contributed by atoms with Gasteiger partial charge < -0.3 is 10.5 Å². The summed E-state index contributed by atoms with van der Waals surface area (Å²) < 4.78 is 5.54. The van der Waals surface area contributed by atoms with E-state index in [1.54, 1.807) is 11.3 Å². The molecule has 0 saturated heterocycles. The van der Waals surface area contributed by atoms with Crippen molar-refractivity contribution in [1.82, 2.24) is 0 Å². The van der Waals surface area contributed by atoms with Gasteiger partial charge in [0.05, 0.1) is 0 Å². The summed E-state index contributed by atoms with van der Waals surface area (Å²) in [5, 5.41) is 3.05. The van der Waals surface area contributed by atoms with Gasteiger partial charge in [0, 0.05) is 6.54 Å². The molecule has 1 heterocycles. The minimum atomic E-state index is 0.582. The third-order valence-electron chi connectivity index (χ3n) is 1.61. The maximum Gasteiger partial charge on any atom is 0.174 e. The largest absolute Gasteiger partial charge is 0.480 e. The SMILES string of the molecule is CC(=CCN)COc1cc(C)cs1. The highest BCUT2D eigenvalue weighted by molar-refractivity contribution is 7.12. The Labute approximate surface area is 83.0 Å². The van der Waals surface area contributed by atoms with Crippen LogP contribution in [0.4, 0.5) is 0 Å². The average Bonchev–Trinajstić information content (AvgIpc) is 2.49. The summed E-state index contributed by atoms with van der Waals surface area (Å²) in [5.41, 5.74) is 7.80. The van der Waals surface area contributed by atoms with E-state index in [1.165, 1.54) is 11.1 Å². The Balaban J connectivity index is 2.39. The normalized spacial score (nSPS) is 11.8. The number of nitrogens with two attached hydrogens (primary N) is 1. The molecule has 2 N–H and O–H groups in total. The van der Waals surface area contributed by atoms with Crippen LogP contribution in [-0.2, 0) is 0 Å². The van der Waals surface area contributed by atoms with Crippen LogP contribution in [0.1, 0.15) is 12.5 Å². The molecule has 1 aromatic rings. The highest BCUT2D eigenvalue weighted by Crippen LogP contribution is 2.22. The number of hydrogen-bond acceptors (Lipinski definition) is 3. The van der Waals surface area contributed by atoms with Crippen molar-refractivity contribution in [2.45, 2.75) is 13.8 Å². The maximum atomic E-state index is 5.54. The Morgan fingerprint density at radius 3 is 3.00 bits per heavy atom. The van der Waals surface area contributed by atoms with E-state index in [0.717, 1.165) is 5.06 Å². The lowest BCUT2D eigenvalue weighted by Crippen LogP contribution is -2.01. The number of aryl methyl sites for hydroxylation is 1. The van der Waals surface area contributed by atoms with Crippen LogP contribution in [0.15, 0.2) is 23.1 Å². The van der Waals surface area contributed by atoms with Gasteiger partial charge in [-0.05, 0) is 36.4 Å². The van der Waals surface area contributed by atoms with Gasteiger partial charge in [0.1, 0.15) is 6.61 Å². The summed E-state index contributed by atoms with van der Waals surface area (Å²) in [7, 11) is 0. The van der Waals surface area contributed by atoms with E-state index in [9.17, 15) is 0 Å². The first-order valence-electron chi connectivity index (χ1n) is 4.26. The molecule has 0 atom stereocenters. The topological polar surface area (TPSA) is 35.2 Å². The molecular formula is C10H15NOS. The molecule has 0 fully saturated rings. The Kier molecular flexibility index (Phi) is 3.99. The molecule has 0 aliphatic rings. The first-order valence-corrected chi connectivity index (χ1v) is 5.14. The third kappa shape index (κ3) is 3.61. The van der Waals surface area contributed by atoms with E-state index in [4.69, 9.17) is 10.5 Å². The second-order valence-electron chi connectivity index (χ2n) is 3.02. The lowest BCUT2D eigenvalue weighted by Gasteiger charge is -2.02. The van der Waals surface area contributed by atoms with E-state index in [2.05, 4.69) is 12.3 Å². The zero-order valence-electron chi connectivity index (χ0n) is 8.04. The molecule has 0 spiro atoms. The molecule has 0 radical (unpaired) electrons. The van der Waals surface area contributed by atoms with Crippen LogP contribution in [-0.4, -0.2) is 13.2 Å². The highest BCUT2D eigenvalue weighted by Gasteiger charge is 1.96. The van der Waals surface area contributed by atoms with Gasteiger partial charge >= 0.3 is 0 Å². The number of ether oxygens (including phenoxy) is 1. The van der Waals surface area contributed by atoms with Crippen molar-refractivity contribution < 1.29 is 4.74 Å². The fourth-order valence-corrected chi connectivity index (χ4v) is 1.68. The summed E-state index contributed by atoms with van der Waals surface area (Å²) in [5.74, 6) is 0.